The SMILES string of the molecule is CN(C)CCNC1=CC(C)(C)C(=O)c2cnccc21. The number of nitrogens with zero attached hydrogens (tertiary/aromatic N) is 2. The third kappa shape index (κ3) is 2.84. The van der Waals surface area contributed by atoms with Crippen molar-refractivity contribution in [3.8, 4) is 0 Å². The van der Waals surface area contributed by atoms with Gasteiger partial charge in [-0.3, -0.25) is 9.78 Å². The number of hydrogen-bond acceptors (Lipinski definition) is 4. The van der Waals surface area contributed by atoms with Gasteiger partial charge in [-0.05, 0) is 40.1 Å². The third-order valence-corrected chi connectivity index (χ3v) is 3.32. The summed E-state index contributed by atoms with van der Waals surface area (Å²) in [5.41, 5.74) is 2.22. The molecule has 0 unspecified atom stereocenters. The largest absolute Gasteiger partial charge is 0.383 e. The standard InChI is InChI=1S/C15H21N3O/c1-15(2)9-13(17-7-8-18(3)4)11-5-6-16-10-12(11)14(15)19/h5-6,9-10,17H,7-8H2,1-4H3. The van der Waals surface area contributed by atoms with E-state index in [4.69, 9.17) is 0 Å². The lowest BCUT2D eigenvalue weighted by molar-refractivity contribution is 0.0882. The maximum absolute atomic E-state index is 12.3. The second-order valence-corrected chi connectivity index (χ2v) is 5.76. The lowest BCUT2D eigenvalue weighted by Crippen LogP contribution is -2.32. The van der Waals surface area contributed by atoms with E-state index in [1.807, 2.05) is 40.1 Å². The molecule has 0 amide bonds. The number of pyridine rings is 1. The van der Waals surface area contributed by atoms with E-state index in [1.54, 1.807) is 12.4 Å². The number of aromatic nitrogens is 1. The first-order valence-electron chi connectivity index (χ1n) is 6.52. The van der Waals surface area contributed by atoms with Crippen molar-refractivity contribution in [2.45, 2.75) is 13.8 Å². The van der Waals surface area contributed by atoms with E-state index in [9.17, 15) is 4.79 Å². The molecular formula is C15H21N3O. The predicted octanol–water partition coefficient (Wildman–Crippen LogP) is 1.80. The van der Waals surface area contributed by atoms with Gasteiger partial charge in [0, 0.05) is 47.7 Å². The number of carbonyl (C=O) groups excluding carboxylic acids is 1. The first kappa shape index (κ1) is 13.7. The Labute approximate surface area is 114 Å². The molecule has 1 aromatic rings. The van der Waals surface area contributed by atoms with Gasteiger partial charge in [0.05, 0.1) is 0 Å². The van der Waals surface area contributed by atoms with Crippen molar-refractivity contribution in [1.29, 1.82) is 0 Å². The average Bonchev–Trinajstić information content (AvgIpc) is 2.35. The van der Waals surface area contributed by atoms with Crippen LogP contribution in [-0.2, 0) is 0 Å². The summed E-state index contributed by atoms with van der Waals surface area (Å²) in [7, 11) is 4.09. The molecule has 0 spiro atoms. The average molecular weight is 259 g/mol. The molecule has 0 saturated heterocycles. The minimum absolute atomic E-state index is 0.133. The number of allylic oxidation sites excluding steroid dienone is 1. The van der Waals surface area contributed by atoms with E-state index in [2.05, 4.69) is 15.2 Å². The van der Waals surface area contributed by atoms with Crippen LogP contribution in [0.4, 0.5) is 0 Å². The highest BCUT2D eigenvalue weighted by atomic mass is 16.1. The van der Waals surface area contributed by atoms with Crippen LogP contribution >= 0.6 is 0 Å². The molecule has 0 radical (unpaired) electrons. The smallest absolute Gasteiger partial charge is 0.174 e. The first-order chi connectivity index (χ1) is 8.92. The van der Waals surface area contributed by atoms with E-state index in [0.717, 1.165) is 24.4 Å². The Bertz CT molecular complexity index is 518. The van der Waals surface area contributed by atoms with Crippen LogP contribution in [0.5, 0.6) is 0 Å². The van der Waals surface area contributed by atoms with Gasteiger partial charge in [-0.1, -0.05) is 0 Å². The minimum atomic E-state index is -0.476. The molecule has 2 rings (SSSR count). The normalized spacial score (nSPS) is 17.1. The summed E-state index contributed by atoms with van der Waals surface area (Å²) in [5, 5.41) is 3.42. The van der Waals surface area contributed by atoms with Crippen LogP contribution in [0.2, 0.25) is 0 Å². The first-order valence-corrected chi connectivity index (χ1v) is 6.52. The van der Waals surface area contributed by atoms with Crippen molar-refractivity contribution in [3.63, 3.8) is 0 Å². The number of fused-ring (bicyclic) bond motifs is 1. The fraction of sp³-hybridized carbons (Fsp3) is 0.467. The molecule has 0 aliphatic heterocycles. The van der Waals surface area contributed by atoms with E-state index in [0.29, 0.717) is 5.56 Å². The molecule has 0 fully saturated rings. The van der Waals surface area contributed by atoms with Crippen molar-refractivity contribution in [1.82, 2.24) is 15.2 Å². The van der Waals surface area contributed by atoms with Gasteiger partial charge in [0.1, 0.15) is 0 Å². The molecule has 1 aromatic heterocycles. The molecule has 0 atom stereocenters. The second-order valence-electron chi connectivity index (χ2n) is 5.76. The molecule has 0 saturated carbocycles. The summed E-state index contributed by atoms with van der Waals surface area (Å²) >= 11 is 0. The maximum Gasteiger partial charge on any atom is 0.174 e. The van der Waals surface area contributed by atoms with Crippen molar-refractivity contribution >= 4 is 11.5 Å². The van der Waals surface area contributed by atoms with Gasteiger partial charge in [0.2, 0.25) is 0 Å². The van der Waals surface area contributed by atoms with Crippen LogP contribution < -0.4 is 5.32 Å². The number of Topliss-reactive ketones (excluding diaryl/α,β-unsaturated/α-hetero) is 1. The number of likely N-dealkylation sites (N-methyl/N-ethyl adjacent to an activating group) is 1. The Morgan fingerprint density at radius 2 is 2.05 bits per heavy atom. The van der Waals surface area contributed by atoms with Gasteiger partial charge in [0.15, 0.2) is 5.78 Å². The van der Waals surface area contributed by atoms with Crippen LogP contribution in [0.1, 0.15) is 29.8 Å². The quantitative estimate of drug-likeness (QED) is 0.895. The van der Waals surface area contributed by atoms with Crippen molar-refractivity contribution < 1.29 is 4.79 Å². The lowest BCUT2D eigenvalue weighted by Gasteiger charge is -2.28. The highest BCUT2D eigenvalue weighted by Gasteiger charge is 2.33. The molecule has 0 bridgehead atoms. The summed E-state index contributed by atoms with van der Waals surface area (Å²) in [6.07, 6.45) is 5.42. The van der Waals surface area contributed by atoms with Crippen LogP contribution in [0, 0.1) is 5.41 Å². The predicted molar refractivity (Wildman–Crippen MR) is 76.9 cm³/mol. The van der Waals surface area contributed by atoms with Crippen molar-refractivity contribution in [2.24, 2.45) is 5.41 Å². The fourth-order valence-electron chi connectivity index (χ4n) is 2.22. The number of ketones is 1. The second kappa shape index (κ2) is 5.13. The van der Waals surface area contributed by atoms with Gasteiger partial charge in [-0.25, -0.2) is 0 Å². The Hall–Kier alpha value is -1.68. The topological polar surface area (TPSA) is 45.2 Å². The van der Waals surface area contributed by atoms with Crippen LogP contribution in [0.25, 0.3) is 5.70 Å². The van der Waals surface area contributed by atoms with Gasteiger partial charge in [0.25, 0.3) is 0 Å². The molecule has 0 aromatic carbocycles. The molecule has 1 N–H and O–H groups in total. The van der Waals surface area contributed by atoms with Gasteiger partial charge in [-0.2, -0.15) is 0 Å². The van der Waals surface area contributed by atoms with E-state index in [1.165, 1.54) is 0 Å². The summed E-state index contributed by atoms with van der Waals surface area (Å²) in [6.45, 7) is 5.69. The summed E-state index contributed by atoms with van der Waals surface area (Å²) in [6, 6.07) is 1.90. The zero-order valence-electron chi connectivity index (χ0n) is 12.0. The summed E-state index contributed by atoms with van der Waals surface area (Å²) in [4.78, 5) is 18.5. The molecular weight excluding hydrogens is 238 g/mol. The van der Waals surface area contributed by atoms with E-state index >= 15 is 0 Å². The van der Waals surface area contributed by atoms with Crippen LogP contribution in [0.15, 0.2) is 24.5 Å². The Balaban J connectivity index is 2.28. The van der Waals surface area contributed by atoms with E-state index < -0.39 is 5.41 Å². The molecule has 1 heterocycles. The number of carbonyl (C=O) groups is 1. The Morgan fingerprint density at radius 1 is 1.32 bits per heavy atom. The van der Waals surface area contributed by atoms with Gasteiger partial charge in [-0.15, -0.1) is 0 Å². The molecule has 4 heteroatoms. The highest BCUT2D eigenvalue weighted by molar-refractivity contribution is 6.07. The fourth-order valence-corrected chi connectivity index (χ4v) is 2.22. The molecule has 102 valence electrons. The summed E-state index contributed by atoms with van der Waals surface area (Å²) < 4.78 is 0. The monoisotopic (exact) mass is 259 g/mol. The molecule has 1 aliphatic rings. The third-order valence-electron chi connectivity index (χ3n) is 3.32. The lowest BCUT2D eigenvalue weighted by atomic mass is 9.77. The van der Waals surface area contributed by atoms with Crippen LogP contribution in [0.3, 0.4) is 0 Å². The van der Waals surface area contributed by atoms with Crippen LogP contribution in [-0.4, -0.2) is 42.9 Å². The molecule has 19 heavy (non-hydrogen) atoms. The van der Waals surface area contributed by atoms with Crippen molar-refractivity contribution in [3.05, 3.63) is 35.7 Å². The summed E-state index contributed by atoms with van der Waals surface area (Å²) in [5.74, 6) is 0.133. The number of nitrogens with one attached hydrogen (secondary N) is 1. The van der Waals surface area contributed by atoms with Crippen molar-refractivity contribution in [2.75, 3.05) is 27.2 Å². The Kier molecular flexibility index (Phi) is 3.71. The van der Waals surface area contributed by atoms with Gasteiger partial charge < -0.3 is 10.2 Å². The molecule has 1 aliphatic carbocycles. The number of rotatable bonds is 4. The maximum atomic E-state index is 12.3. The number of hydrogen-bond donors (Lipinski definition) is 1. The van der Waals surface area contributed by atoms with Gasteiger partial charge >= 0.3 is 0 Å². The highest BCUT2D eigenvalue weighted by Crippen LogP contribution is 2.34. The minimum Gasteiger partial charge on any atom is -0.383 e. The zero-order chi connectivity index (χ0) is 14.0. The van der Waals surface area contributed by atoms with E-state index in [-0.39, 0.29) is 5.78 Å². The zero-order valence-corrected chi connectivity index (χ0v) is 12.0. The molecule has 4 nitrogen and oxygen atoms in total. The Morgan fingerprint density at radius 3 is 2.74 bits per heavy atom.